The predicted octanol–water partition coefficient (Wildman–Crippen LogP) is 3.89. The fraction of sp³-hybridized carbons (Fsp3) is 0.320. The van der Waals surface area contributed by atoms with Crippen LogP contribution in [0.15, 0.2) is 53.5 Å². The van der Waals surface area contributed by atoms with Gasteiger partial charge in [-0.15, -0.1) is 0 Å². The zero-order chi connectivity index (χ0) is 22.4. The molecule has 32 heavy (non-hydrogen) atoms. The van der Waals surface area contributed by atoms with Crippen LogP contribution in [0, 0.1) is 5.92 Å². The molecule has 4 aromatic rings. The van der Waals surface area contributed by atoms with Gasteiger partial charge < -0.3 is 15.0 Å². The number of para-hydroxylation sites is 1. The van der Waals surface area contributed by atoms with Gasteiger partial charge >= 0.3 is 0 Å². The molecule has 7 heteroatoms. The lowest BCUT2D eigenvalue weighted by Crippen LogP contribution is -2.48. The fourth-order valence-electron chi connectivity index (χ4n) is 4.65. The molecule has 164 valence electrons. The lowest BCUT2D eigenvalue weighted by molar-refractivity contribution is -0.126. The Hall–Kier alpha value is -3.61. The molecule has 2 aromatic heterocycles. The monoisotopic (exact) mass is 430 g/mol. The molecule has 2 atom stereocenters. The molecule has 1 amide bonds. The summed E-state index contributed by atoms with van der Waals surface area (Å²) in [6.07, 6.45) is 3.02. The van der Waals surface area contributed by atoms with E-state index in [1.54, 1.807) is 29.9 Å². The van der Waals surface area contributed by atoms with Crippen LogP contribution in [0.3, 0.4) is 0 Å². The number of ether oxygens (including phenoxy) is 1. The van der Waals surface area contributed by atoms with Gasteiger partial charge in [0.05, 0.1) is 24.1 Å². The number of aromatic amines is 1. The van der Waals surface area contributed by atoms with Gasteiger partial charge in [0.1, 0.15) is 17.6 Å². The van der Waals surface area contributed by atoms with Crippen LogP contribution in [0.2, 0.25) is 0 Å². The van der Waals surface area contributed by atoms with Crippen molar-refractivity contribution in [1.29, 1.82) is 0 Å². The van der Waals surface area contributed by atoms with Crippen molar-refractivity contribution in [1.82, 2.24) is 19.9 Å². The lowest BCUT2D eigenvalue weighted by Gasteiger charge is -2.33. The molecule has 0 bridgehead atoms. The number of rotatable bonds is 5. The van der Waals surface area contributed by atoms with Crippen molar-refractivity contribution in [3.05, 3.63) is 70.4 Å². The number of benzene rings is 2. The first-order valence-electron chi connectivity index (χ1n) is 10.9. The Morgan fingerprint density at radius 2 is 1.94 bits per heavy atom. The van der Waals surface area contributed by atoms with E-state index in [1.165, 1.54) is 0 Å². The van der Waals surface area contributed by atoms with Gasteiger partial charge in [0, 0.05) is 23.5 Å². The van der Waals surface area contributed by atoms with E-state index in [4.69, 9.17) is 9.72 Å². The number of nitrogens with one attached hydrogen (secondary N) is 2. The van der Waals surface area contributed by atoms with Crippen LogP contribution in [0.25, 0.3) is 21.8 Å². The second-order valence-corrected chi connectivity index (χ2v) is 8.80. The molecule has 0 fully saturated rings. The van der Waals surface area contributed by atoms with Crippen LogP contribution in [-0.4, -0.2) is 27.6 Å². The summed E-state index contributed by atoms with van der Waals surface area (Å²) in [5, 5.41) is 4.64. The van der Waals surface area contributed by atoms with Crippen molar-refractivity contribution >= 4 is 27.7 Å². The number of methoxy groups -OCH3 is 1. The molecular formula is C25H26N4O3. The summed E-state index contributed by atoms with van der Waals surface area (Å²) < 4.78 is 6.92. The Bertz CT molecular complexity index is 1390. The zero-order valence-corrected chi connectivity index (χ0v) is 18.4. The Morgan fingerprint density at radius 1 is 1.12 bits per heavy atom. The second kappa shape index (κ2) is 7.82. The maximum absolute atomic E-state index is 13.7. The molecule has 0 radical (unpaired) electrons. The maximum atomic E-state index is 13.7. The molecule has 1 aliphatic rings. The number of hydrogen-bond donors (Lipinski definition) is 2. The molecule has 5 rings (SSSR count). The van der Waals surface area contributed by atoms with E-state index in [0.29, 0.717) is 41.2 Å². The molecule has 0 saturated carbocycles. The van der Waals surface area contributed by atoms with Crippen LogP contribution in [-0.2, 0) is 11.2 Å². The van der Waals surface area contributed by atoms with Gasteiger partial charge in [0.25, 0.3) is 5.56 Å². The van der Waals surface area contributed by atoms with Gasteiger partial charge in [-0.2, -0.15) is 0 Å². The number of fused-ring (bicyclic) bond motifs is 3. The normalized spacial score (nSPS) is 18.2. The van der Waals surface area contributed by atoms with E-state index in [1.807, 2.05) is 30.5 Å². The minimum atomic E-state index is -0.678. The van der Waals surface area contributed by atoms with Crippen molar-refractivity contribution in [3.8, 4) is 5.75 Å². The average molecular weight is 431 g/mol. The van der Waals surface area contributed by atoms with Crippen LogP contribution in [0.1, 0.15) is 43.7 Å². The van der Waals surface area contributed by atoms with Crippen LogP contribution in [0.5, 0.6) is 5.75 Å². The molecule has 0 unspecified atom stereocenters. The van der Waals surface area contributed by atoms with Crippen molar-refractivity contribution in [2.24, 2.45) is 5.92 Å². The predicted molar refractivity (Wildman–Crippen MR) is 124 cm³/mol. The molecule has 2 aromatic carbocycles. The standard InChI is InChI=1S/C25H26N4O3/c1-14(2)10-21-23-27-20-9-8-16(32-3)12-18(20)25(31)29(23)22(24(30)28-21)11-15-13-26-19-7-5-4-6-17(15)19/h4-9,12-14,21-22,26H,10-11H2,1-3H3,(H,28,30)/t21-,22+/m0/s1. The highest BCUT2D eigenvalue weighted by Crippen LogP contribution is 2.31. The molecule has 1 aliphatic heterocycles. The maximum Gasteiger partial charge on any atom is 0.262 e. The summed E-state index contributed by atoms with van der Waals surface area (Å²) in [5.74, 6) is 1.39. The Morgan fingerprint density at radius 3 is 2.72 bits per heavy atom. The number of carbonyl (C=O) groups excluding carboxylic acids is 1. The van der Waals surface area contributed by atoms with Crippen LogP contribution < -0.4 is 15.6 Å². The number of carbonyl (C=O) groups is 1. The average Bonchev–Trinajstić information content (AvgIpc) is 3.19. The number of H-pyrrole nitrogens is 1. The first-order valence-corrected chi connectivity index (χ1v) is 10.9. The van der Waals surface area contributed by atoms with Crippen LogP contribution in [0.4, 0.5) is 0 Å². The number of hydrogen-bond acceptors (Lipinski definition) is 4. The van der Waals surface area contributed by atoms with Gasteiger partial charge in [0.2, 0.25) is 5.91 Å². The molecule has 3 heterocycles. The van der Waals surface area contributed by atoms with E-state index in [9.17, 15) is 9.59 Å². The van der Waals surface area contributed by atoms with Crippen molar-refractivity contribution in [3.63, 3.8) is 0 Å². The summed E-state index contributed by atoms with van der Waals surface area (Å²) in [4.78, 5) is 35.1. The third kappa shape index (κ3) is 3.34. The minimum Gasteiger partial charge on any atom is -0.497 e. The second-order valence-electron chi connectivity index (χ2n) is 8.80. The molecule has 0 spiro atoms. The quantitative estimate of drug-likeness (QED) is 0.503. The third-order valence-electron chi connectivity index (χ3n) is 6.17. The van der Waals surface area contributed by atoms with Crippen molar-refractivity contribution < 1.29 is 9.53 Å². The SMILES string of the molecule is COc1ccc2nc3n(c(=O)c2c1)[C@H](Cc1c[nH]c2ccccc12)C(=O)N[C@H]3CC(C)C. The Labute approximate surface area is 185 Å². The zero-order valence-electron chi connectivity index (χ0n) is 18.4. The first-order chi connectivity index (χ1) is 15.5. The molecule has 0 saturated heterocycles. The van der Waals surface area contributed by atoms with E-state index in [2.05, 4.69) is 24.1 Å². The number of nitrogens with zero attached hydrogens (tertiary/aromatic N) is 2. The van der Waals surface area contributed by atoms with Crippen molar-refractivity contribution in [2.45, 2.75) is 38.8 Å². The fourth-order valence-corrected chi connectivity index (χ4v) is 4.65. The minimum absolute atomic E-state index is 0.153. The summed E-state index contributed by atoms with van der Waals surface area (Å²) in [6.45, 7) is 4.19. The summed E-state index contributed by atoms with van der Waals surface area (Å²) in [7, 11) is 1.57. The topological polar surface area (TPSA) is 89.0 Å². The summed E-state index contributed by atoms with van der Waals surface area (Å²) in [5.41, 5.74) is 2.40. The van der Waals surface area contributed by atoms with E-state index in [-0.39, 0.29) is 17.5 Å². The van der Waals surface area contributed by atoms with Crippen molar-refractivity contribution in [2.75, 3.05) is 7.11 Å². The van der Waals surface area contributed by atoms with Gasteiger partial charge in [0.15, 0.2) is 0 Å². The van der Waals surface area contributed by atoms with Gasteiger partial charge in [-0.3, -0.25) is 14.2 Å². The molecule has 7 nitrogen and oxygen atoms in total. The van der Waals surface area contributed by atoms with Gasteiger partial charge in [-0.05, 0) is 42.2 Å². The molecule has 2 N–H and O–H groups in total. The summed E-state index contributed by atoms with van der Waals surface area (Å²) in [6, 6.07) is 12.3. The highest BCUT2D eigenvalue weighted by Gasteiger charge is 2.36. The number of aromatic nitrogens is 3. The van der Waals surface area contributed by atoms with Gasteiger partial charge in [-0.25, -0.2) is 4.98 Å². The molecule has 0 aliphatic carbocycles. The van der Waals surface area contributed by atoms with E-state index >= 15 is 0 Å². The third-order valence-corrected chi connectivity index (χ3v) is 6.17. The Kier molecular flexibility index (Phi) is 4.96. The first kappa shape index (κ1) is 20.3. The lowest BCUT2D eigenvalue weighted by atomic mass is 9.96. The largest absolute Gasteiger partial charge is 0.497 e. The molecular weight excluding hydrogens is 404 g/mol. The summed E-state index contributed by atoms with van der Waals surface area (Å²) >= 11 is 0. The Balaban J connectivity index is 1.69. The van der Waals surface area contributed by atoms with Crippen LogP contribution >= 0.6 is 0 Å². The van der Waals surface area contributed by atoms with E-state index < -0.39 is 6.04 Å². The van der Waals surface area contributed by atoms with E-state index in [0.717, 1.165) is 16.5 Å². The highest BCUT2D eigenvalue weighted by molar-refractivity contribution is 5.87. The van der Waals surface area contributed by atoms with Gasteiger partial charge in [-0.1, -0.05) is 32.0 Å². The number of amides is 1. The smallest absolute Gasteiger partial charge is 0.262 e. The highest BCUT2D eigenvalue weighted by atomic mass is 16.5.